The maximum absolute atomic E-state index is 12.0. The van der Waals surface area contributed by atoms with E-state index in [0.717, 1.165) is 4.90 Å². The zero-order chi connectivity index (χ0) is 16.2. The number of benzene rings is 1. The Morgan fingerprint density at radius 1 is 1.38 bits per heavy atom. The highest BCUT2D eigenvalue weighted by molar-refractivity contribution is 5.99. The second-order valence-corrected chi connectivity index (χ2v) is 4.30. The Balaban J connectivity index is 2.67. The second kappa shape index (κ2) is 6.33. The molecule has 1 rings (SSSR count). The molecule has 0 saturated carbocycles. The van der Waals surface area contributed by atoms with Crippen molar-refractivity contribution in [3.05, 3.63) is 23.8 Å². The zero-order valence-corrected chi connectivity index (χ0v) is 11.1. The highest BCUT2D eigenvalue weighted by Gasteiger charge is 2.28. The lowest BCUT2D eigenvalue weighted by Gasteiger charge is -2.18. The molecule has 0 spiro atoms. The van der Waals surface area contributed by atoms with Gasteiger partial charge in [-0.25, -0.2) is 0 Å². The van der Waals surface area contributed by atoms with E-state index in [1.54, 1.807) is 5.32 Å². The van der Waals surface area contributed by atoms with Gasteiger partial charge in [0.1, 0.15) is 6.54 Å². The van der Waals surface area contributed by atoms with Crippen molar-refractivity contribution in [1.82, 2.24) is 10.2 Å². The first-order valence-corrected chi connectivity index (χ1v) is 5.78. The number of rotatable bonds is 4. The molecule has 0 radical (unpaired) electrons. The minimum Gasteiger partial charge on any atom is -0.505 e. The van der Waals surface area contributed by atoms with Gasteiger partial charge in [-0.15, -0.1) is 0 Å². The van der Waals surface area contributed by atoms with E-state index in [4.69, 9.17) is 5.73 Å². The first-order chi connectivity index (χ1) is 9.61. The number of nitrogens with one attached hydrogen (secondary N) is 1. The molecule has 9 heteroatoms. The predicted molar refractivity (Wildman–Crippen MR) is 68.5 cm³/mol. The standard InChI is InChI=1S/C12H14F3N3O3/c1-18(5-9(19)17-6-12(13,14)15)11(21)7-3-2-4-8(16)10(7)20/h2-4,20H,5-6,16H2,1H3,(H,17,19). The van der Waals surface area contributed by atoms with Crippen LogP contribution in [0.1, 0.15) is 10.4 Å². The monoisotopic (exact) mass is 305 g/mol. The molecule has 1 aromatic carbocycles. The Morgan fingerprint density at radius 3 is 2.57 bits per heavy atom. The van der Waals surface area contributed by atoms with Crippen LogP contribution in [0.5, 0.6) is 5.75 Å². The van der Waals surface area contributed by atoms with Gasteiger partial charge in [0, 0.05) is 7.05 Å². The molecule has 0 heterocycles. The Bertz CT molecular complexity index is 546. The number of carbonyl (C=O) groups excluding carboxylic acids is 2. The molecule has 0 aliphatic heterocycles. The first-order valence-electron chi connectivity index (χ1n) is 5.78. The molecule has 0 bridgehead atoms. The summed E-state index contributed by atoms with van der Waals surface area (Å²) in [5, 5.41) is 11.3. The third-order valence-corrected chi connectivity index (χ3v) is 2.51. The van der Waals surface area contributed by atoms with Crippen molar-refractivity contribution in [2.45, 2.75) is 6.18 Å². The number of likely N-dealkylation sites (N-methyl/N-ethyl adjacent to an activating group) is 1. The van der Waals surface area contributed by atoms with Crippen LogP contribution in [-0.4, -0.2) is 48.1 Å². The number of halogens is 3. The van der Waals surface area contributed by atoms with E-state index < -0.39 is 36.8 Å². The van der Waals surface area contributed by atoms with Crippen LogP contribution in [0.15, 0.2) is 18.2 Å². The first kappa shape index (κ1) is 16.6. The number of hydrogen-bond acceptors (Lipinski definition) is 4. The summed E-state index contributed by atoms with van der Waals surface area (Å²) in [6.07, 6.45) is -4.52. The van der Waals surface area contributed by atoms with E-state index >= 15 is 0 Å². The second-order valence-electron chi connectivity index (χ2n) is 4.30. The van der Waals surface area contributed by atoms with Crippen LogP contribution in [0.3, 0.4) is 0 Å². The summed E-state index contributed by atoms with van der Waals surface area (Å²) in [5.41, 5.74) is 5.27. The number of para-hydroxylation sites is 1. The van der Waals surface area contributed by atoms with Gasteiger partial charge in [0.05, 0.1) is 17.8 Å². The van der Waals surface area contributed by atoms with Crippen molar-refractivity contribution in [2.24, 2.45) is 0 Å². The molecular formula is C12H14F3N3O3. The number of amides is 2. The molecule has 0 aliphatic carbocycles. The SMILES string of the molecule is CN(CC(=O)NCC(F)(F)F)C(=O)c1cccc(N)c1O. The van der Waals surface area contributed by atoms with Crippen LogP contribution in [0, 0.1) is 0 Å². The molecule has 21 heavy (non-hydrogen) atoms. The summed E-state index contributed by atoms with van der Waals surface area (Å²) in [7, 11) is 1.22. The average Bonchev–Trinajstić information content (AvgIpc) is 2.38. The Labute approximate surface area is 118 Å². The molecule has 0 saturated heterocycles. The quantitative estimate of drug-likeness (QED) is 0.564. The van der Waals surface area contributed by atoms with Crippen LogP contribution < -0.4 is 11.1 Å². The van der Waals surface area contributed by atoms with Gasteiger partial charge >= 0.3 is 6.18 Å². The molecule has 0 aromatic heterocycles. The minimum absolute atomic E-state index is 0.0178. The van der Waals surface area contributed by atoms with Crippen LogP contribution in [0.4, 0.5) is 18.9 Å². The molecule has 1 aromatic rings. The maximum Gasteiger partial charge on any atom is 0.405 e. The van der Waals surface area contributed by atoms with Crippen LogP contribution >= 0.6 is 0 Å². The van der Waals surface area contributed by atoms with Gasteiger partial charge < -0.3 is 21.1 Å². The molecule has 0 aliphatic rings. The van der Waals surface area contributed by atoms with Crippen molar-refractivity contribution < 1.29 is 27.9 Å². The fourth-order valence-corrected chi connectivity index (χ4v) is 1.48. The number of anilines is 1. The maximum atomic E-state index is 12.0. The largest absolute Gasteiger partial charge is 0.505 e. The van der Waals surface area contributed by atoms with Gasteiger partial charge in [0.2, 0.25) is 5.91 Å². The molecule has 116 valence electrons. The van der Waals surface area contributed by atoms with E-state index in [0.29, 0.717) is 0 Å². The van der Waals surface area contributed by atoms with E-state index in [1.165, 1.54) is 25.2 Å². The molecule has 0 atom stereocenters. The summed E-state index contributed by atoms with van der Waals surface area (Å²) in [6, 6.07) is 4.10. The summed E-state index contributed by atoms with van der Waals surface area (Å²) in [4.78, 5) is 24.1. The highest BCUT2D eigenvalue weighted by Crippen LogP contribution is 2.25. The molecule has 2 amide bonds. The number of alkyl halides is 3. The Kier molecular flexibility index (Phi) is 5.01. The van der Waals surface area contributed by atoms with Gasteiger partial charge in [-0.3, -0.25) is 9.59 Å². The van der Waals surface area contributed by atoms with Crippen molar-refractivity contribution in [2.75, 3.05) is 25.9 Å². The summed E-state index contributed by atoms with van der Waals surface area (Å²) in [6.45, 7) is -2.06. The minimum atomic E-state index is -4.52. The normalized spacial score (nSPS) is 11.0. The summed E-state index contributed by atoms with van der Waals surface area (Å²) >= 11 is 0. The number of carbonyl (C=O) groups is 2. The summed E-state index contributed by atoms with van der Waals surface area (Å²) in [5.74, 6) is -2.14. The van der Waals surface area contributed by atoms with E-state index in [-0.39, 0.29) is 11.3 Å². The smallest absolute Gasteiger partial charge is 0.405 e. The van der Waals surface area contributed by atoms with Crippen molar-refractivity contribution in [1.29, 1.82) is 0 Å². The lowest BCUT2D eigenvalue weighted by atomic mass is 10.1. The number of aromatic hydroxyl groups is 1. The fraction of sp³-hybridized carbons (Fsp3) is 0.333. The van der Waals surface area contributed by atoms with Crippen molar-refractivity contribution >= 4 is 17.5 Å². The third kappa shape index (κ3) is 4.86. The van der Waals surface area contributed by atoms with E-state index in [2.05, 4.69) is 0 Å². The molecule has 6 nitrogen and oxygen atoms in total. The molecule has 0 fully saturated rings. The fourth-order valence-electron chi connectivity index (χ4n) is 1.48. The van der Waals surface area contributed by atoms with Gasteiger partial charge in [-0.1, -0.05) is 6.07 Å². The van der Waals surface area contributed by atoms with Crippen molar-refractivity contribution in [3.63, 3.8) is 0 Å². The molecule has 4 N–H and O–H groups in total. The highest BCUT2D eigenvalue weighted by atomic mass is 19.4. The number of nitrogens with two attached hydrogens (primary N) is 1. The number of phenolic OH excluding ortho intramolecular Hbond substituents is 1. The number of hydrogen-bond donors (Lipinski definition) is 3. The van der Waals surface area contributed by atoms with E-state index in [9.17, 15) is 27.9 Å². The molecule has 0 unspecified atom stereocenters. The van der Waals surface area contributed by atoms with E-state index in [1.807, 2.05) is 0 Å². The van der Waals surface area contributed by atoms with Crippen LogP contribution in [0.25, 0.3) is 0 Å². The average molecular weight is 305 g/mol. The third-order valence-electron chi connectivity index (χ3n) is 2.51. The van der Waals surface area contributed by atoms with Crippen molar-refractivity contribution in [3.8, 4) is 5.75 Å². The van der Waals surface area contributed by atoms with Crippen LogP contribution in [0.2, 0.25) is 0 Å². The lowest BCUT2D eigenvalue weighted by Crippen LogP contribution is -2.41. The van der Waals surface area contributed by atoms with Gasteiger partial charge in [-0.2, -0.15) is 13.2 Å². The number of phenols is 1. The predicted octanol–water partition coefficient (Wildman–Crippen LogP) is 0.725. The topological polar surface area (TPSA) is 95.7 Å². The molecular weight excluding hydrogens is 291 g/mol. The number of nitrogens with zero attached hydrogens (tertiary/aromatic N) is 1. The Hall–Kier alpha value is -2.45. The van der Waals surface area contributed by atoms with Gasteiger partial charge in [0.25, 0.3) is 5.91 Å². The zero-order valence-electron chi connectivity index (χ0n) is 11.1. The van der Waals surface area contributed by atoms with Gasteiger partial charge in [0.15, 0.2) is 5.75 Å². The van der Waals surface area contributed by atoms with Gasteiger partial charge in [-0.05, 0) is 12.1 Å². The lowest BCUT2D eigenvalue weighted by molar-refractivity contribution is -0.138. The van der Waals surface area contributed by atoms with Crippen LogP contribution in [-0.2, 0) is 4.79 Å². The summed E-state index contributed by atoms with van der Waals surface area (Å²) < 4.78 is 35.8. The Morgan fingerprint density at radius 2 is 2.00 bits per heavy atom. The number of nitrogen functional groups attached to an aromatic ring is 1.